The van der Waals surface area contributed by atoms with Gasteiger partial charge in [0.25, 0.3) is 11.8 Å². The Balaban J connectivity index is 1.41. The highest BCUT2D eigenvalue weighted by Crippen LogP contribution is 2.35. The number of amides is 4. The molecule has 0 bridgehead atoms. The fourth-order valence-electron chi connectivity index (χ4n) is 3.38. The summed E-state index contributed by atoms with van der Waals surface area (Å²) in [6.45, 7) is -0.498. The average molecular weight is 651 g/mol. The van der Waals surface area contributed by atoms with Gasteiger partial charge in [-0.15, -0.1) is 0 Å². The number of ether oxygens (including phenoxy) is 2. The highest BCUT2D eigenvalue weighted by Gasteiger charge is 2.34. The van der Waals surface area contributed by atoms with Crippen molar-refractivity contribution in [3.63, 3.8) is 0 Å². The van der Waals surface area contributed by atoms with Gasteiger partial charge in [0, 0.05) is 5.69 Å². The van der Waals surface area contributed by atoms with E-state index in [2.05, 4.69) is 47.2 Å². The van der Waals surface area contributed by atoms with Crippen LogP contribution in [-0.2, 0) is 20.9 Å². The molecular formula is C25H18Br2FN3O7. The standard InChI is InChI=1S/C25H18Br2FN3O7/c1-36-24(34)20-7-6-16(38-20)11-31-23(33)19(30-25(31)35)10-13-8-17(26)22(18(27)9-13)37-12-21(32)29-15-4-2-14(28)3-5-15/h2-10H,11-12H2,1H3,(H,29,32)(H,30,35)/b19-10-. The van der Waals surface area contributed by atoms with Gasteiger partial charge in [0.05, 0.1) is 22.6 Å². The number of nitrogens with one attached hydrogen (secondary N) is 2. The van der Waals surface area contributed by atoms with Crippen molar-refractivity contribution in [1.29, 1.82) is 0 Å². The van der Waals surface area contributed by atoms with Crippen molar-refractivity contribution < 1.29 is 37.5 Å². The molecule has 196 valence electrons. The van der Waals surface area contributed by atoms with Crippen LogP contribution >= 0.6 is 31.9 Å². The largest absolute Gasteiger partial charge is 0.481 e. The third-order valence-corrected chi connectivity index (χ3v) is 6.31. The van der Waals surface area contributed by atoms with Gasteiger partial charge in [0.15, 0.2) is 6.61 Å². The third-order valence-electron chi connectivity index (χ3n) is 5.13. The van der Waals surface area contributed by atoms with E-state index >= 15 is 0 Å². The predicted molar refractivity (Wildman–Crippen MR) is 139 cm³/mol. The SMILES string of the molecule is COC(=O)c1ccc(CN2C(=O)N/C(=C\c3cc(Br)c(OCC(=O)Nc4ccc(F)cc4)c(Br)c3)C2=O)o1. The third kappa shape index (κ3) is 6.29. The highest BCUT2D eigenvalue weighted by atomic mass is 79.9. The van der Waals surface area contributed by atoms with Crippen LogP contribution in [0.15, 0.2) is 67.6 Å². The lowest BCUT2D eigenvalue weighted by atomic mass is 10.2. The Morgan fingerprint density at radius 1 is 1.11 bits per heavy atom. The number of furan rings is 1. The van der Waals surface area contributed by atoms with Gasteiger partial charge in [0.2, 0.25) is 5.76 Å². The number of halogens is 3. The van der Waals surface area contributed by atoms with Gasteiger partial charge in [-0.3, -0.25) is 14.5 Å². The van der Waals surface area contributed by atoms with E-state index in [-0.39, 0.29) is 30.4 Å². The molecule has 0 saturated carbocycles. The second kappa shape index (κ2) is 11.6. The highest BCUT2D eigenvalue weighted by molar-refractivity contribution is 9.11. The van der Waals surface area contributed by atoms with E-state index in [1.54, 1.807) is 12.1 Å². The van der Waals surface area contributed by atoms with E-state index in [4.69, 9.17) is 9.15 Å². The fourth-order valence-corrected chi connectivity index (χ4v) is 4.83. The molecule has 0 radical (unpaired) electrons. The number of hydrogen-bond acceptors (Lipinski definition) is 7. The zero-order valence-electron chi connectivity index (χ0n) is 19.5. The molecule has 2 N–H and O–H groups in total. The number of imide groups is 1. The van der Waals surface area contributed by atoms with Crippen LogP contribution in [0.1, 0.15) is 21.9 Å². The maximum atomic E-state index is 13.0. The minimum absolute atomic E-state index is 0.0286. The zero-order chi connectivity index (χ0) is 27.4. The molecule has 1 aliphatic heterocycles. The van der Waals surface area contributed by atoms with Crippen molar-refractivity contribution in [3.8, 4) is 5.75 Å². The van der Waals surface area contributed by atoms with Gasteiger partial charge >= 0.3 is 12.0 Å². The smallest absolute Gasteiger partial charge is 0.373 e. The lowest BCUT2D eigenvalue weighted by molar-refractivity contribution is -0.123. The molecular weight excluding hydrogens is 633 g/mol. The molecule has 1 aromatic heterocycles. The molecule has 4 rings (SSSR count). The zero-order valence-corrected chi connectivity index (χ0v) is 22.7. The first-order valence-electron chi connectivity index (χ1n) is 10.8. The molecule has 1 aliphatic rings. The normalized spacial score (nSPS) is 14.0. The Hall–Kier alpha value is -3.97. The van der Waals surface area contributed by atoms with Crippen LogP contribution in [0.25, 0.3) is 6.08 Å². The quantitative estimate of drug-likeness (QED) is 0.203. The summed E-state index contributed by atoms with van der Waals surface area (Å²) in [6.07, 6.45) is 1.47. The van der Waals surface area contributed by atoms with Crippen molar-refractivity contribution in [2.45, 2.75) is 6.54 Å². The molecule has 0 spiro atoms. The Morgan fingerprint density at radius 3 is 2.45 bits per heavy atom. The Kier molecular flexibility index (Phi) is 8.27. The number of anilines is 1. The van der Waals surface area contributed by atoms with Crippen LogP contribution in [0.3, 0.4) is 0 Å². The fraction of sp³-hybridized carbons (Fsp3) is 0.120. The maximum absolute atomic E-state index is 13.0. The van der Waals surface area contributed by atoms with E-state index in [1.165, 1.54) is 49.6 Å². The van der Waals surface area contributed by atoms with Gasteiger partial charge in [-0.1, -0.05) is 0 Å². The van der Waals surface area contributed by atoms with Crippen molar-refractivity contribution >= 4 is 67.4 Å². The van der Waals surface area contributed by atoms with E-state index < -0.39 is 29.6 Å². The van der Waals surface area contributed by atoms with Crippen LogP contribution in [-0.4, -0.2) is 42.4 Å². The number of rotatable bonds is 8. The van der Waals surface area contributed by atoms with Crippen LogP contribution < -0.4 is 15.4 Å². The first-order valence-corrected chi connectivity index (χ1v) is 12.4. The van der Waals surface area contributed by atoms with Gasteiger partial charge in [0.1, 0.15) is 23.0 Å². The van der Waals surface area contributed by atoms with Crippen LogP contribution in [0.5, 0.6) is 5.75 Å². The number of hydrogen-bond donors (Lipinski definition) is 2. The summed E-state index contributed by atoms with van der Waals surface area (Å²) in [7, 11) is 1.21. The minimum Gasteiger partial charge on any atom is -0.481 e. The van der Waals surface area contributed by atoms with Crippen LogP contribution in [0.2, 0.25) is 0 Å². The van der Waals surface area contributed by atoms with Crippen molar-refractivity contribution in [1.82, 2.24) is 10.2 Å². The van der Waals surface area contributed by atoms with E-state index in [1.807, 2.05) is 0 Å². The molecule has 0 atom stereocenters. The van der Waals surface area contributed by atoms with Gasteiger partial charge < -0.3 is 24.5 Å². The summed E-state index contributed by atoms with van der Waals surface area (Å²) in [4.78, 5) is 49.9. The van der Waals surface area contributed by atoms with E-state index in [0.717, 1.165) is 4.90 Å². The number of nitrogens with zero attached hydrogens (tertiary/aromatic N) is 1. The number of esters is 1. The molecule has 4 amide bonds. The second-order valence-corrected chi connectivity index (χ2v) is 9.50. The molecule has 3 aromatic rings. The summed E-state index contributed by atoms with van der Waals surface area (Å²) in [5.74, 6) is -1.61. The monoisotopic (exact) mass is 649 g/mol. The molecule has 13 heteroatoms. The minimum atomic E-state index is -0.675. The molecule has 10 nitrogen and oxygen atoms in total. The summed E-state index contributed by atoms with van der Waals surface area (Å²) < 4.78 is 29.5. The molecule has 2 aromatic carbocycles. The van der Waals surface area contributed by atoms with Gasteiger partial charge in [-0.25, -0.2) is 14.0 Å². The van der Waals surface area contributed by atoms with Crippen molar-refractivity contribution in [2.24, 2.45) is 0 Å². The molecule has 2 heterocycles. The molecule has 0 unspecified atom stereocenters. The second-order valence-electron chi connectivity index (χ2n) is 7.79. The Morgan fingerprint density at radius 2 is 1.79 bits per heavy atom. The first kappa shape index (κ1) is 27.1. The Labute approximate surface area is 232 Å². The van der Waals surface area contributed by atoms with Crippen LogP contribution in [0.4, 0.5) is 14.9 Å². The lowest BCUT2D eigenvalue weighted by Gasteiger charge is -2.12. The van der Waals surface area contributed by atoms with Gasteiger partial charge in [-0.05, 0) is 92.0 Å². The number of urea groups is 1. The summed E-state index contributed by atoms with van der Waals surface area (Å²) >= 11 is 6.77. The molecule has 0 aliphatic carbocycles. The first-order chi connectivity index (χ1) is 18.1. The number of methoxy groups -OCH3 is 1. The summed E-state index contributed by atoms with van der Waals surface area (Å²) in [5, 5.41) is 5.11. The van der Waals surface area contributed by atoms with Crippen molar-refractivity contribution in [2.75, 3.05) is 19.0 Å². The predicted octanol–water partition coefficient (Wildman–Crippen LogP) is 4.84. The Bertz CT molecular complexity index is 1430. The van der Waals surface area contributed by atoms with Crippen molar-refractivity contribution in [3.05, 3.63) is 86.1 Å². The summed E-state index contributed by atoms with van der Waals surface area (Å²) in [5.41, 5.74) is 0.998. The lowest BCUT2D eigenvalue weighted by Crippen LogP contribution is -2.30. The maximum Gasteiger partial charge on any atom is 0.373 e. The molecule has 38 heavy (non-hydrogen) atoms. The average Bonchev–Trinajstić information content (AvgIpc) is 3.45. The summed E-state index contributed by atoms with van der Waals surface area (Å²) in [6, 6.07) is 10.8. The molecule has 1 saturated heterocycles. The number of carbonyl (C=O) groups is 4. The van der Waals surface area contributed by atoms with E-state index in [9.17, 15) is 23.6 Å². The number of carbonyl (C=O) groups excluding carboxylic acids is 4. The van der Waals surface area contributed by atoms with Crippen LogP contribution in [0, 0.1) is 5.82 Å². The number of benzene rings is 2. The van der Waals surface area contributed by atoms with Gasteiger partial charge in [-0.2, -0.15) is 0 Å². The molecule has 1 fully saturated rings. The van der Waals surface area contributed by atoms with E-state index in [0.29, 0.717) is 25.9 Å². The topological polar surface area (TPSA) is 127 Å².